The molecule has 0 aromatic heterocycles. The van der Waals surface area contributed by atoms with Crippen LogP contribution in [0.4, 0.5) is 0 Å². The molecule has 8 nitrogen and oxygen atoms in total. The number of hydrogen-bond acceptors (Lipinski definition) is 6. The topological polar surface area (TPSA) is 91.3 Å². The number of phosphoric acid groups is 1. The molecular weight excluding hydrogens is 601 g/mol. The van der Waals surface area contributed by atoms with E-state index in [1.165, 1.54) is 122 Å². The van der Waals surface area contributed by atoms with Crippen LogP contribution in [0.15, 0.2) is 0 Å². The third-order valence-corrected chi connectivity index (χ3v) is 9.40. The first-order valence-corrected chi connectivity index (χ1v) is 20.8. The molecule has 0 radical (unpaired) electrons. The van der Waals surface area contributed by atoms with E-state index in [1.807, 2.05) is 21.1 Å². The second-order valence-electron chi connectivity index (χ2n) is 14.3. The van der Waals surface area contributed by atoms with Gasteiger partial charge in [-0.1, -0.05) is 155 Å². The molecule has 0 amide bonds. The number of unbranched alkanes of at least 4 members (excludes halogenated alkanes) is 22. The van der Waals surface area contributed by atoms with Crippen LogP contribution in [-0.4, -0.2) is 75.6 Å². The van der Waals surface area contributed by atoms with Gasteiger partial charge in [-0.3, -0.25) is 13.8 Å². The van der Waals surface area contributed by atoms with Gasteiger partial charge in [0.15, 0.2) is 0 Å². The number of ether oxygens (including phenoxy) is 2. The summed E-state index contributed by atoms with van der Waals surface area (Å²) in [6, 6.07) is 0. The lowest BCUT2D eigenvalue weighted by atomic mass is 10.0. The number of hydrogen-bond donors (Lipinski definition) is 1. The standard InChI is InChI=1S/C37H76NO7P/c1-6-8-10-12-14-16-17-18-19-20-21-22-23-25-27-29-32-42-34-36(35-44-46(40,41)43-33-31-38(3,4)5)45-37(39)30-28-26-24-15-13-11-9-7-2/h36H,6-35H2,1-5H3/p+1. The second-order valence-corrected chi connectivity index (χ2v) is 15.8. The highest BCUT2D eigenvalue weighted by Gasteiger charge is 2.26. The zero-order chi connectivity index (χ0) is 34.2. The summed E-state index contributed by atoms with van der Waals surface area (Å²) >= 11 is 0. The minimum atomic E-state index is -4.25. The number of carbonyl (C=O) groups excluding carboxylic acids is 1. The molecule has 0 aliphatic rings. The number of esters is 1. The normalized spacial score (nSPS) is 14.0. The summed E-state index contributed by atoms with van der Waals surface area (Å²) in [4.78, 5) is 22.7. The van der Waals surface area contributed by atoms with Gasteiger partial charge in [-0.25, -0.2) is 4.57 Å². The Bertz CT molecular complexity index is 716. The van der Waals surface area contributed by atoms with Crippen molar-refractivity contribution in [2.24, 2.45) is 0 Å². The van der Waals surface area contributed by atoms with Crippen molar-refractivity contribution in [2.75, 3.05) is 54.1 Å². The SMILES string of the molecule is CCCCCCCCCCCCCCCCCCOCC(COP(=O)(O)OCC[N+](C)(C)C)OC(=O)CCCCCCCCCC. The molecule has 0 saturated carbocycles. The Morgan fingerprint density at radius 2 is 1.00 bits per heavy atom. The third-order valence-electron chi connectivity index (χ3n) is 8.42. The van der Waals surface area contributed by atoms with Gasteiger partial charge >= 0.3 is 13.8 Å². The van der Waals surface area contributed by atoms with E-state index in [0.717, 1.165) is 32.1 Å². The van der Waals surface area contributed by atoms with Gasteiger partial charge in [0.1, 0.15) is 19.3 Å². The van der Waals surface area contributed by atoms with Gasteiger partial charge in [0, 0.05) is 13.0 Å². The van der Waals surface area contributed by atoms with Crippen molar-refractivity contribution >= 4 is 13.8 Å². The number of rotatable bonds is 36. The molecule has 0 rings (SSSR count). The molecule has 0 aliphatic carbocycles. The monoisotopic (exact) mass is 679 g/mol. The van der Waals surface area contributed by atoms with E-state index in [9.17, 15) is 14.3 Å². The average Bonchev–Trinajstić information content (AvgIpc) is 2.99. The number of likely N-dealkylation sites (N-methyl/N-ethyl adjacent to an activating group) is 1. The molecule has 1 N–H and O–H groups in total. The van der Waals surface area contributed by atoms with Gasteiger partial charge in [-0.2, -0.15) is 0 Å². The molecule has 2 atom stereocenters. The highest BCUT2D eigenvalue weighted by atomic mass is 31.2. The second kappa shape index (κ2) is 31.7. The molecule has 0 aromatic carbocycles. The number of quaternary nitrogens is 1. The van der Waals surface area contributed by atoms with Crippen molar-refractivity contribution in [2.45, 2.75) is 180 Å². The first-order chi connectivity index (χ1) is 22.1. The fraction of sp³-hybridized carbons (Fsp3) is 0.973. The first-order valence-electron chi connectivity index (χ1n) is 19.3. The van der Waals surface area contributed by atoms with Crippen LogP contribution in [0.25, 0.3) is 0 Å². The number of nitrogens with zero attached hydrogens (tertiary/aromatic N) is 1. The highest BCUT2D eigenvalue weighted by Crippen LogP contribution is 2.43. The summed E-state index contributed by atoms with van der Waals surface area (Å²) in [6.45, 7) is 5.62. The molecule has 2 unspecified atom stereocenters. The molecule has 0 aromatic rings. The quantitative estimate of drug-likeness (QED) is 0.0305. The summed E-state index contributed by atoms with van der Waals surface area (Å²) in [5, 5.41) is 0. The summed E-state index contributed by atoms with van der Waals surface area (Å²) < 4.78 is 34.8. The smallest absolute Gasteiger partial charge is 0.457 e. The molecule has 0 heterocycles. The van der Waals surface area contributed by atoms with Crippen molar-refractivity contribution in [1.82, 2.24) is 0 Å². The predicted molar refractivity (Wildman–Crippen MR) is 192 cm³/mol. The molecule has 276 valence electrons. The molecule has 0 bridgehead atoms. The zero-order valence-electron chi connectivity index (χ0n) is 31.1. The minimum absolute atomic E-state index is 0.0932. The lowest BCUT2D eigenvalue weighted by Crippen LogP contribution is -2.37. The zero-order valence-corrected chi connectivity index (χ0v) is 32.0. The van der Waals surface area contributed by atoms with E-state index in [0.29, 0.717) is 24.1 Å². The summed E-state index contributed by atoms with van der Waals surface area (Å²) in [7, 11) is 1.68. The highest BCUT2D eigenvalue weighted by molar-refractivity contribution is 7.47. The summed E-state index contributed by atoms with van der Waals surface area (Å²) in [5.41, 5.74) is 0. The van der Waals surface area contributed by atoms with E-state index >= 15 is 0 Å². The van der Waals surface area contributed by atoms with Gasteiger partial charge in [0.2, 0.25) is 0 Å². The van der Waals surface area contributed by atoms with Crippen LogP contribution in [0.1, 0.15) is 174 Å². The maximum Gasteiger partial charge on any atom is 0.472 e. The van der Waals surface area contributed by atoms with E-state index in [2.05, 4.69) is 13.8 Å². The van der Waals surface area contributed by atoms with Gasteiger partial charge in [0.05, 0.1) is 34.4 Å². The maximum absolute atomic E-state index is 12.5. The first kappa shape index (κ1) is 45.5. The molecule has 0 saturated heterocycles. The molecule has 46 heavy (non-hydrogen) atoms. The Morgan fingerprint density at radius 1 is 0.587 bits per heavy atom. The average molecular weight is 679 g/mol. The molecule has 0 fully saturated rings. The van der Waals surface area contributed by atoms with E-state index in [1.54, 1.807) is 0 Å². The summed E-state index contributed by atoms with van der Waals surface area (Å²) in [5.74, 6) is -0.315. The van der Waals surface area contributed by atoms with E-state index in [-0.39, 0.29) is 25.8 Å². The van der Waals surface area contributed by atoms with Gasteiger partial charge in [0.25, 0.3) is 0 Å². The Balaban J connectivity index is 4.17. The maximum atomic E-state index is 12.5. The third kappa shape index (κ3) is 34.8. The van der Waals surface area contributed by atoms with Crippen molar-refractivity contribution in [3.8, 4) is 0 Å². The van der Waals surface area contributed by atoms with Crippen molar-refractivity contribution in [1.29, 1.82) is 0 Å². The molecule has 0 aliphatic heterocycles. The fourth-order valence-electron chi connectivity index (χ4n) is 5.38. The lowest BCUT2D eigenvalue weighted by molar-refractivity contribution is -0.870. The van der Waals surface area contributed by atoms with E-state index in [4.69, 9.17) is 18.5 Å². The van der Waals surface area contributed by atoms with Crippen LogP contribution in [0.5, 0.6) is 0 Å². The Kier molecular flexibility index (Phi) is 31.4. The van der Waals surface area contributed by atoms with Crippen molar-refractivity contribution in [3.63, 3.8) is 0 Å². The predicted octanol–water partition coefficient (Wildman–Crippen LogP) is 10.5. The fourth-order valence-corrected chi connectivity index (χ4v) is 6.12. The van der Waals surface area contributed by atoms with Crippen molar-refractivity contribution in [3.05, 3.63) is 0 Å². The Hall–Kier alpha value is -0.500. The molecule has 9 heteroatoms. The van der Waals surface area contributed by atoms with Crippen LogP contribution >= 0.6 is 7.82 Å². The van der Waals surface area contributed by atoms with Crippen molar-refractivity contribution < 1.29 is 37.3 Å². The van der Waals surface area contributed by atoms with Gasteiger partial charge in [-0.05, 0) is 12.8 Å². The Labute approximate surface area is 285 Å². The van der Waals surface area contributed by atoms with Crippen LogP contribution in [0, 0.1) is 0 Å². The molecular formula is C37H77NO7P+. The minimum Gasteiger partial charge on any atom is -0.457 e. The largest absolute Gasteiger partial charge is 0.472 e. The lowest BCUT2D eigenvalue weighted by Gasteiger charge is -2.24. The molecule has 0 spiro atoms. The van der Waals surface area contributed by atoms with Gasteiger partial charge < -0.3 is 18.9 Å². The van der Waals surface area contributed by atoms with Crippen LogP contribution in [0.2, 0.25) is 0 Å². The number of phosphoric ester groups is 1. The Morgan fingerprint density at radius 3 is 1.43 bits per heavy atom. The van der Waals surface area contributed by atoms with Crippen LogP contribution in [-0.2, 0) is 27.9 Å². The van der Waals surface area contributed by atoms with Gasteiger partial charge in [-0.15, -0.1) is 0 Å². The number of carbonyl (C=O) groups is 1. The van der Waals surface area contributed by atoms with Crippen LogP contribution < -0.4 is 0 Å². The van der Waals surface area contributed by atoms with E-state index < -0.39 is 13.9 Å². The summed E-state index contributed by atoms with van der Waals surface area (Å²) in [6.07, 6.45) is 29.9. The van der Waals surface area contributed by atoms with Crippen LogP contribution in [0.3, 0.4) is 0 Å².